The molecule has 1 amide bonds. The lowest BCUT2D eigenvalue weighted by Gasteiger charge is -2.14. The molecule has 0 aliphatic carbocycles. The molecule has 0 saturated carbocycles. The van der Waals surface area contributed by atoms with Crippen molar-refractivity contribution in [1.82, 2.24) is 10.3 Å². The number of ether oxygens (including phenoxy) is 2. The molecule has 7 heteroatoms. The van der Waals surface area contributed by atoms with Crippen LogP contribution in [0.2, 0.25) is 5.02 Å². The summed E-state index contributed by atoms with van der Waals surface area (Å²) in [4.78, 5) is 15.7. The van der Waals surface area contributed by atoms with E-state index in [9.17, 15) is 4.79 Å². The number of amides is 1. The van der Waals surface area contributed by atoms with E-state index in [0.717, 1.165) is 0 Å². The first kappa shape index (κ1) is 14.4. The van der Waals surface area contributed by atoms with Gasteiger partial charge in [0.2, 0.25) is 0 Å². The largest absolute Gasteiger partial charge is 0.354 e. The van der Waals surface area contributed by atoms with Gasteiger partial charge in [0.05, 0.1) is 11.6 Å². The van der Waals surface area contributed by atoms with Crippen molar-refractivity contribution in [3.63, 3.8) is 0 Å². The number of nitrogens with zero attached hydrogens (tertiary/aromatic N) is 1. The van der Waals surface area contributed by atoms with Crippen LogP contribution < -0.4 is 5.32 Å². The predicted octanol–water partition coefficient (Wildman–Crippen LogP) is 1.85. The number of carbonyl (C=O) groups is 1. The molecule has 1 aromatic rings. The van der Waals surface area contributed by atoms with Crippen molar-refractivity contribution in [2.45, 2.75) is 6.29 Å². The van der Waals surface area contributed by atoms with E-state index in [1.165, 1.54) is 20.4 Å². The van der Waals surface area contributed by atoms with Crippen LogP contribution in [0.15, 0.2) is 16.7 Å². The highest BCUT2D eigenvalue weighted by molar-refractivity contribution is 9.10. The van der Waals surface area contributed by atoms with Crippen molar-refractivity contribution in [2.75, 3.05) is 20.8 Å². The highest BCUT2D eigenvalue weighted by Crippen LogP contribution is 2.18. The third-order valence-corrected chi connectivity index (χ3v) is 2.70. The van der Waals surface area contributed by atoms with Crippen LogP contribution in [-0.2, 0) is 9.47 Å². The van der Waals surface area contributed by atoms with Gasteiger partial charge in [-0.2, -0.15) is 0 Å². The van der Waals surface area contributed by atoms with E-state index in [1.807, 2.05) is 0 Å². The zero-order valence-electron chi connectivity index (χ0n) is 9.37. The summed E-state index contributed by atoms with van der Waals surface area (Å²) in [7, 11) is 2.98. The standard InChI is InChI=1S/C10H12BrClN2O3/c1-16-8(17-2)5-14-10(15)9-7(12)3-6(11)4-13-9/h3-4,8H,5H2,1-2H3,(H,14,15). The summed E-state index contributed by atoms with van der Waals surface area (Å²) in [5.41, 5.74) is 0.167. The molecular formula is C10H12BrClN2O3. The Morgan fingerprint density at radius 1 is 1.59 bits per heavy atom. The first-order valence-corrected chi connectivity index (χ1v) is 5.90. The summed E-state index contributed by atoms with van der Waals surface area (Å²) in [6, 6.07) is 1.60. The van der Waals surface area contributed by atoms with Crippen molar-refractivity contribution in [1.29, 1.82) is 0 Å². The molecule has 17 heavy (non-hydrogen) atoms. The lowest BCUT2D eigenvalue weighted by Crippen LogP contribution is -2.34. The van der Waals surface area contributed by atoms with Crippen LogP contribution in [0.3, 0.4) is 0 Å². The van der Waals surface area contributed by atoms with E-state index >= 15 is 0 Å². The minimum absolute atomic E-state index is 0.167. The average Bonchev–Trinajstić information content (AvgIpc) is 2.30. The van der Waals surface area contributed by atoms with Crippen LogP contribution in [-0.4, -0.2) is 37.9 Å². The quantitative estimate of drug-likeness (QED) is 0.840. The van der Waals surface area contributed by atoms with Crippen LogP contribution >= 0.6 is 27.5 Å². The Hall–Kier alpha value is -0.690. The molecule has 0 atom stereocenters. The topological polar surface area (TPSA) is 60.5 Å². The molecule has 1 N–H and O–H groups in total. The molecule has 0 aliphatic heterocycles. The second-order valence-electron chi connectivity index (χ2n) is 3.09. The van der Waals surface area contributed by atoms with Crippen LogP contribution in [0.25, 0.3) is 0 Å². The molecule has 94 valence electrons. The number of rotatable bonds is 5. The fourth-order valence-corrected chi connectivity index (χ4v) is 1.82. The van der Waals surface area contributed by atoms with Gasteiger partial charge in [0.1, 0.15) is 5.69 Å². The maximum atomic E-state index is 11.7. The molecule has 0 spiro atoms. The van der Waals surface area contributed by atoms with Gasteiger partial charge in [-0.3, -0.25) is 4.79 Å². The lowest BCUT2D eigenvalue weighted by molar-refractivity contribution is -0.0974. The summed E-state index contributed by atoms with van der Waals surface area (Å²) in [5, 5.41) is 2.89. The Bertz CT molecular complexity index is 399. The second kappa shape index (κ2) is 6.90. The third kappa shape index (κ3) is 4.23. The average molecular weight is 324 g/mol. The van der Waals surface area contributed by atoms with Crippen molar-refractivity contribution < 1.29 is 14.3 Å². The maximum absolute atomic E-state index is 11.7. The Balaban J connectivity index is 2.64. The molecule has 1 rings (SSSR count). The van der Waals surface area contributed by atoms with Gasteiger partial charge in [0.25, 0.3) is 5.91 Å². The van der Waals surface area contributed by atoms with E-state index < -0.39 is 6.29 Å². The van der Waals surface area contributed by atoms with Crippen molar-refractivity contribution in [3.05, 3.63) is 27.5 Å². The Kier molecular flexibility index (Phi) is 5.84. The summed E-state index contributed by atoms with van der Waals surface area (Å²) in [5.74, 6) is -0.374. The Morgan fingerprint density at radius 3 is 2.76 bits per heavy atom. The molecule has 0 fully saturated rings. The van der Waals surface area contributed by atoms with Crippen LogP contribution in [0.5, 0.6) is 0 Å². The highest BCUT2D eigenvalue weighted by atomic mass is 79.9. The molecular weight excluding hydrogens is 311 g/mol. The summed E-state index contributed by atoms with van der Waals surface area (Å²) < 4.78 is 10.6. The van der Waals surface area contributed by atoms with E-state index in [4.69, 9.17) is 21.1 Å². The lowest BCUT2D eigenvalue weighted by atomic mass is 10.3. The monoisotopic (exact) mass is 322 g/mol. The normalized spacial score (nSPS) is 10.6. The van der Waals surface area contributed by atoms with Gasteiger partial charge in [0, 0.05) is 24.9 Å². The fourth-order valence-electron chi connectivity index (χ4n) is 1.10. The molecule has 0 aromatic carbocycles. The molecule has 5 nitrogen and oxygen atoms in total. The highest BCUT2D eigenvalue weighted by Gasteiger charge is 2.14. The van der Waals surface area contributed by atoms with Crippen LogP contribution in [0.1, 0.15) is 10.5 Å². The number of hydrogen-bond acceptors (Lipinski definition) is 4. The van der Waals surface area contributed by atoms with Gasteiger partial charge in [-0.25, -0.2) is 4.98 Å². The number of nitrogens with one attached hydrogen (secondary N) is 1. The van der Waals surface area contributed by atoms with Gasteiger partial charge in [0.15, 0.2) is 6.29 Å². The molecule has 0 radical (unpaired) electrons. The van der Waals surface area contributed by atoms with Gasteiger partial charge in [-0.15, -0.1) is 0 Å². The van der Waals surface area contributed by atoms with Gasteiger partial charge in [-0.1, -0.05) is 11.6 Å². The van der Waals surface area contributed by atoms with E-state index in [0.29, 0.717) is 4.47 Å². The smallest absolute Gasteiger partial charge is 0.271 e. The Morgan fingerprint density at radius 2 is 2.24 bits per heavy atom. The first-order valence-electron chi connectivity index (χ1n) is 4.73. The summed E-state index contributed by atoms with van der Waals surface area (Å²) >= 11 is 9.10. The van der Waals surface area contributed by atoms with E-state index in [2.05, 4.69) is 26.2 Å². The molecule has 1 aromatic heterocycles. The maximum Gasteiger partial charge on any atom is 0.271 e. The minimum atomic E-state index is -0.492. The number of hydrogen-bond donors (Lipinski definition) is 1. The number of pyridine rings is 1. The zero-order chi connectivity index (χ0) is 12.8. The molecule has 0 unspecified atom stereocenters. The number of carbonyl (C=O) groups excluding carboxylic acids is 1. The predicted molar refractivity (Wildman–Crippen MR) is 67.1 cm³/mol. The van der Waals surface area contributed by atoms with Crippen LogP contribution in [0.4, 0.5) is 0 Å². The third-order valence-electron chi connectivity index (χ3n) is 1.98. The van der Waals surface area contributed by atoms with E-state index in [-0.39, 0.29) is 23.2 Å². The molecule has 1 heterocycles. The van der Waals surface area contributed by atoms with Crippen molar-refractivity contribution in [2.24, 2.45) is 0 Å². The van der Waals surface area contributed by atoms with Gasteiger partial charge >= 0.3 is 0 Å². The van der Waals surface area contributed by atoms with Crippen molar-refractivity contribution in [3.8, 4) is 0 Å². The van der Waals surface area contributed by atoms with Gasteiger partial charge in [-0.05, 0) is 22.0 Å². The van der Waals surface area contributed by atoms with Crippen LogP contribution in [0, 0.1) is 0 Å². The summed E-state index contributed by atoms with van der Waals surface area (Å²) in [6.07, 6.45) is 1.01. The molecule has 0 aliphatic rings. The second-order valence-corrected chi connectivity index (χ2v) is 4.42. The molecule has 0 saturated heterocycles. The van der Waals surface area contributed by atoms with Gasteiger partial charge < -0.3 is 14.8 Å². The number of methoxy groups -OCH3 is 2. The fraction of sp³-hybridized carbons (Fsp3) is 0.400. The SMILES string of the molecule is COC(CNC(=O)c1ncc(Br)cc1Cl)OC. The zero-order valence-corrected chi connectivity index (χ0v) is 11.7. The first-order chi connectivity index (χ1) is 8.08. The summed E-state index contributed by atoms with van der Waals surface area (Å²) in [6.45, 7) is 0.222. The van der Waals surface area contributed by atoms with E-state index in [1.54, 1.807) is 6.07 Å². The number of halogens is 2. The number of aromatic nitrogens is 1. The van der Waals surface area contributed by atoms with Crippen molar-refractivity contribution >= 4 is 33.4 Å². The molecule has 0 bridgehead atoms. The minimum Gasteiger partial charge on any atom is -0.354 e. The Labute approximate surface area is 113 Å².